The number of nitrogens with zero attached hydrogens (tertiary/aromatic N) is 5. The lowest BCUT2D eigenvalue weighted by atomic mass is 10.2. The Hall–Kier alpha value is -1.21. The van der Waals surface area contributed by atoms with E-state index in [0.29, 0.717) is 11.7 Å². The predicted octanol–water partition coefficient (Wildman–Crippen LogP) is 2.04. The molecular weight excluding hydrogens is 320 g/mol. The third kappa shape index (κ3) is 2.40. The minimum absolute atomic E-state index is 0.656. The number of aromatic amines is 1. The Kier molecular flexibility index (Phi) is 3.89. The smallest absolute Gasteiger partial charge is 0.187 e. The van der Waals surface area contributed by atoms with Gasteiger partial charge < -0.3 is 4.90 Å². The van der Waals surface area contributed by atoms with Gasteiger partial charge in [-0.05, 0) is 29.3 Å². The van der Waals surface area contributed by atoms with E-state index >= 15 is 0 Å². The van der Waals surface area contributed by atoms with Crippen molar-refractivity contribution < 1.29 is 0 Å². The number of anilines is 1. The molecule has 2 aromatic heterocycles. The number of halogens is 1. The van der Waals surface area contributed by atoms with Gasteiger partial charge in [-0.15, -0.1) is 0 Å². The van der Waals surface area contributed by atoms with Crippen molar-refractivity contribution in [2.75, 3.05) is 31.1 Å². The first-order chi connectivity index (χ1) is 9.70. The first-order valence-corrected chi connectivity index (χ1v) is 7.83. The maximum atomic E-state index is 4.46. The zero-order valence-electron chi connectivity index (χ0n) is 11.8. The molecule has 6 nitrogen and oxygen atoms in total. The number of hydrogen-bond donors (Lipinski definition) is 1. The zero-order chi connectivity index (χ0) is 14.1. The molecule has 1 N–H and O–H groups in total. The highest BCUT2D eigenvalue weighted by molar-refractivity contribution is 9.10. The Balaban J connectivity index is 1.82. The summed E-state index contributed by atoms with van der Waals surface area (Å²) in [7, 11) is 0. The molecule has 0 aliphatic carbocycles. The van der Waals surface area contributed by atoms with Crippen LogP contribution in [0, 0.1) is 0 Å². The summed E-state index contributed by atoms with van der Waals surface area (Å²) in [4.78, 5) is 13.5. The van der Waals surface area contributed by atoms with Crippen LogP contribution in [0.2, 0.25) is 0 Å². The van der Waals surface area contributed by atoms with Crippen molar-refractivity contribution in [1.29, 1.82) is 0 Å². The summed E-state index contributed by atoms with van der Waals surface area (Å²) in [5.41, 5.74) is 0.714. The Bertz CT molecular complexity index is 590. The number of rotatable bonds is 3. The summed E-state index contributed by atoms with van der Waals surface area (Å²) in [6.45, 7) is 8.69. The van der Waals surface area contributed by atoms with Gasteiger partial charge in [0.1, 0.15) is 16.7 Å². The van der Waals surface area contributed by atoms with Crippen LogP contribution in [-0.4, -0.2) is 57.3 Å². The predicted molar refractivity (Wildman–Crippen MR) is 82.9 cm³/mol. The standard InChI is InChI=1S/C13H19BrN6/c1-3-9(2)19-4-6-20(7-5-19)13-10-11(14)17-18-12(10)15-8-16-13/h8-9H,3-7H2,1-2H3,(H,15,16,17,18)/t9-/m0/s1. The van der Waals surface area contributed by atoms with Crippen LogP contribution in [0.25, 0.3) is 11.0 Å². The fourth-order valence-corrected chi connectivity index (χ4v) is 3.12. The fourth-order valence-electron chi connectivity index (χ4n) is 2.68. The maximum Gasteiger partial charge on any atom is 0.187 e. The second-order valence-corrected chi connectivity index (χ2v) is 6.01. The van der Waals surface area contributed by atoms with Crippen LogP contribution in [0.4, 0.5) is 5.82 Å². The molecule has 3 heterocycles. The van der Waals surface area contributed by atoms with E-state index in [-0.39, 0.29) is 0 Å². The summed E-state index contributed by atoms with van der Waals surface area (Å²) in [5.74, 6) is 0.972. The van der Waals surface area contributed by atoms with Crippen molar-refractivity contribution in [2.24, 2.45) is 0 Å². The van der Waals surface area contributed by atoms with E-state index < -0.39 is 0 Å². The number of fused-ring (bicyclic) bond motifs is 1. The second kappa shape index (κ2) is 5.65. The quantitative estimate of drug-likeness (QED) is 0.927. The largest absolute Gasteiger partial charge is 0.353 e. The van der Waals surface area contributed by atoms with Crippen LogP contribution in [0.15, 0.2) is 10.9 Å². The van der Waals surface area contributed by atoms with Crippen molar-refractivity contribution in [2.45, 2.75) is 26.3 Å². The molecule has 0 bridgehead atoms. The first-order valence-electron chi connectivity index (χ1n) is 7.04. The van der Waals surface area contributed by atoms with Crippen molar-refractivity contribution in [3.8, 4) is 0 Å². The topological polar surface area (TPSA) is 60.9 Å². The number of aromatic nitrogens is 4. The molecule has 1 aliphatic rings. The number of hydrogen-bond acceptors (Lipinski definition) is 5. The molecule has 0 saturated carbocycles. The maximum absolute atomic E-state index is 4.46. The first kappa shape index (κ1) is 13.8. The summed E-state index contributed by atoms with van der Waals surface area (Å²) in [5, 5.41) is 8.07. The third-order valence-electron chi connectivity index (χ3n) is 4.11. The van der Waals surface area contributed by atoms with Crippen LogP contribution in [0.3, 0.4) is 0 Å². The minimum Gasteiger partial charge on any atom is -0.353 e. The molecule has 0 aromatic carbocycles. The van der Waals surface area contributed by atoms with E-state index in [1.54, 1.807) is 6.33 Å². The highest BCUT2D eigenvalue weighted by Crippen LogP contribution is 2.28. The lowest BCUT2D eigenvalue weighted by Crippen LogP contribution is -2.49. The van der Waals surface area contributed by atoms with Crippen LogP contribution >= 0.6 is 15.9 Å². The monoisotopic (exact) mass is 338 g/mol. The highest BCUT2D eigenvalue weighted by atomic mass is 79.9. The average Bonchev–Trinajstić information content (AvgIpc) is 2.88. The average molecular weight is 339 g/mol. The number of H-pyrrole nitrogens is 1. The van der Waals surface area contributed by atoms with E-state index in [4.69, 9.17) is 0 Å². The molecule has 3 rings (SSSR count). The van der Waals surface area contributed by atoms with Gasteiger partial charge in [-0.2, -0.15) is 5.10 Å². The Morgan fingerprint density at radius 3 is 2.75 bits per heavy atom. The van der Waals surface area contributed by atoms with Crippen LogP contribution in [0.5, 0.6) is 0 Å². The van der Waals surface area contributed by atoms with Crippen molar-refractivity contribution >= 4 is 32.8 Å². The summed E-state index contributed by atoms with van der Waals surface area (Å²) in [6.07, 6.45) is 2.79. The summed E-state index contributed by atoms with van der Waals surface area (Å²) in [6, 6.07) is 0.656. The molecule has 0 spiro atoms. The van der Waals surface area contributed by atoms with Gasteiger partial charge in [-0.25, -0.2) is 9.97 Å². The van der Waals surface area contributed by atoms with Gasteiger partial charge in [0.25, 0.3) is 0 Å². The summed E-state index contributed by atoms with van der Waals surface area (Å²) >= 11 is 3.50. The molecule has 0 unspecified atom stereocenters. The van der Waals surface area contributed by atoms with Gasteiger partial charge >= 0.3 is 0 Å². The second-order valence-electron chi connectivity index (χ2n) is 5.21. The molecular formula is C13H19BrN6. The Labute approximate surface area is 126 Å². The van der Waals surface area contributed by atoms with Gasteiger partial charge in [-0.3, -0.25) is 10.00 Å². The number of nitrogens with one attached hydrogen (secondary N) is 1. The molecule has 1 saturated heterocycles. The molecule has 0 amide bonds. The van der Waals surface area contributed by atoms with Crippen molar-refractivity contribution in [3.05, 3.63) is 10.9 Å². The van der Waals surface area contributed by atoms with E-state index in [9.17, 15) is 0 Å². The molecule has 7 heteroatoms. The SMILES string of the molecule is CC[C@H](C)N1CCN(c2ncnc3n[nH]c(Br)c23)CC1. The molecule has 1 atom stereocenters. The van der Waals surface area contributed by atoms with E-state index in [0.717, 1.165) is 42.0 Å². The van der Waals surface area contributed by atoms with E-state index in [2.05, 4.69) is 59.7 Å². The van der Waals surface area contributed by atoms with E-state index in [1.165, 1.54) is 6.42 Å². The number of piperazine rings is 1. The van der Waals surface area contributed by atoms with Gasteiger partial charge in [0.05, 0.1) is 5.39 Å². The normalized spacial score (nSPS) is 18.6. The summed E-state index contributed by atoms with van der Waals surface area (Å²) < 4.78 is 0.854. The Morgan fingerprint density at radius 2 is 2.05 bits per heavy atom. The van der Waals surface area contributed by atoms with Crippen molar-refractivity contribution in [3.63, 3.8) is 0 Å². The highest BCUT2D eigenvalue weighted by Gasteiger charge is 2.23. The van der Waals surface area contributed by atoms with Gasteiger partial charge in [-0.1, -0.05) is 6.92 Å². The molecule has 0 radical (unpaired) electrons. The Morgan fingerprint density at radius 1 is 1.30 bits per heavy atom. The lowest BCUT2D eigenvalue weighted by molar-refractivity contribution is 0.192. The fraction of sp³-hybridized carbons (Fsp3) is 0.615. The molecule has 1 aliphatic heterocycles. The van der Waals surface area contributed by atoms with E-state index in [1.807, 2.05) is 0 Å². The van der Waals surface area contributed by atoms with Gasteiger partial charge in [0.15, 0.2) is 5.65 Å². The van der Waals surface area contributed by atoms with Crippen LogP contribution in [-0.2, 0) is 0 Å². The zero-order valence-corrected chi connectivity index (χ0v) is 13.4. The van der Waals surface area contributed by atoms with Crippen molar-refractivity contribution in [1.82, 2.24) is 25.1 Å². The molecule has 20 heavy (non-hydrogen) atoms. The lowest BCUT2D eigenvalue weighted by Gasteiger charge is -2.38. The minimum atomic E-state index is 0.656. The van der Waals surface area contributed by atoms with Crippen LogP contribution in [0.1, 0.15) is 20.3 Å². The molecule has 2 aromatic rings. The van der Waals surface area contributed by atoms with Crippen LogP contribution < -0.4 is 4.90 Å². The molecule has 1 fully saturated rings. The molecule has 108 valence electrons. The third-order valence-corrected chi connectivity index (χ3v) is 4.69. The van der Waals surface area contributed by atoms with Gasteiger partial charge in [0, 0.05) is 32.2 Å². The van der Waals surface area contributed by atoms with Gasteiger partial charge in [0.2, 0.25) is 0 Å².